The maximum absolute atomic E-state index is 10.5. The molecule has 2 N–H and O–H groups in total. The second-order valence-electron chi connectivity index (χ2n) is 6.31. The summed E-state index contributed by atoms with van der Waals surface area (Å²) in [5, 5.41) is 8.73. The van der Waals surface area contributed by atoms with Crippen LogP contribution in [0.2, 0.25) is 0 Å². The number of aliphatic hydroxyl groups is 1. The Hall–Kier alpha value is -0.580. The van der Waals surface area contributed by atoms with Crippen LogP contribution in [0.4, 0.5) is 0 Å². The smallest absolute Gasteiger partial charge is 0.266 e. The Balaban J connectivity index is 0. The van der Waals surface area contributed by atoms with Crippen molar-refractivity contribution in [2.24, 2.45) is 9.98 Å². The molecule has 1 aliphatic heterocycles. The van der Waals surface area contributed by atoms with Gasteiger partial charge in [-0.05, 0) is 34.0 Å². The highest BCUT2D eigenvalue weighted by Gasteiger charge is 2.17. The van der Waals surface area contributed by atoms with E-state index < -0.39 is 10.1 Å². The van der Waals surface area contributed by atoms with Crippen molar-refractivity contribution in [1.82, 2.24) is 14.7 Å². The molecule has 0 radical (unpaired) electrons. The van der Waals surface area contributed by atoms with E-state index in [-0.39, 0.29) is 24.8 Å². The van der Waals surface area contributed by atoms with E-state index >= 15 is 0 Å². The van der Waals surface area contributed by atoms with E-state index in [2.05, 4.69) is 39.9 Å². The summed E-state index contributed by atoms with van der Waals surface area (Å²) in [7, 11) is 0.276. The summed E-state index contributed by atoms with van der Waals surface area (Å²) in [6, 6.07) is 2.64. The van der Waals surface area contributed by atoms with Gasteiger partial charge in [0.2, 0.25) is 0 Å². The fourth-order valence-corrected chi connectivity index (χ4v) is 2.75. The van der Waals surface area contributed by atoms with Crippen molar-refractivity contribution in [2.45, 2.75) is 13.3 Å². The molecule has 0 atom stereocenters. The van der Waals surface area contributed by atoms with Crippen molar-refractivity contribution >= 4 is 28.5 Å². The van der Waals surface area contributed by atoms with E-state index in [1.807, 2.05) is 11.8 Å². The Labute approximate surface area is 170 Å². The van der Waals surface area contributed by atoms with E-state index in [0.717, 1.165) is 52.2 Å². The molecular weight excluding hydrogens is 394 g/mol. The predicted octanol–water partition coefficient (Wildman–Crippen LogP) is 0.0378. The predicted molar refractivity (Wildman–Crippen MR) is 112 cm³/mol. The van der Waals surface area contributed by atoms with Crippen molar-refractivity contribution in [3.8, 4) is 0 Å². The second-order valence-corrected chi connectivity index (χ2v) is 7.88. The van der Waals surface area contributed by atoms with Crippen LogP contribution in [0.5, 0.6) is 0 Å². The van der Waals surface area contributed by atoms with Gasteiger partial charge in [0.1, 0.15) is 0 Å². The molecule has 1 heterocycles. The Bertz CT molecular complexity index is 505. The van der Waals surface area contributed by atoms with Gasteiger partial charge in [-0.3, -0.25) is 14.4 Å². The first kappa shape index (κ1) is 28.6. The Morgan fingerprint density at radius 1 is 1.07 bits per heavy atom. The van der Waals surface area contributed by atoms with Crippen molar-refractivity contribution in [3.63, 3.8) is 0 Å². The van der Waals surface area contributed by atoms with Crippen molar-refractivity contribution in [3.05, 3.63) is 0 Å². The number of piperazine rings is 1. The van der Waals surface area contributed by atoms with Gasteiger partial charge in [-0.25, -0.2) is 9.98 Å². The molecule has 0 aromatic rings. The van der Waals surface area contributed by atoms with Gasteiger partial charge < -0.3 is 10.0 Å². The Morgan fingerprint density at radius 3 is 2.07 bits per heavy atom. The molecule has 0 amide bonds. The summed E-state index contributed by atoms with van der Waals surface area (Å²) in [6.07, 6.45) is 1.08. The van der Waals surface area contributed by atoms with Gasteiger partial charge >= 0.3 is 0 Å². The van der Waals surface area contributed by atoms with Crippen LogP contribution in [-0.2, 0) is 10.1 Å². The number of aliphatic hydroxyl groups excluding tert-OH is 1. The highest BCUT2D eigenvalue weighted by Crippen LogP contribution is 2.01. The molecule has 27 heavy (non-hydrogen) atoms. The van der Waals surface area contributed by atoms with Crippen molar-refractivity contribution < 1.29 is 18.1 Å². The average molecular weight is 430 g/mol. The minimum atomic E-state index is -3.84. The molecule has 1 fully saturated rings. The summed E-state index contributed by atoms with van der Waals surface area (Å²) < 4.78 is 29.6. The van der Waals surface area contributed by atoms with Crippen LogP contribution in [0.1, 0.15) is 13.3 Å². The zero-order chi connectivity index (χ0) is 19.8. The summed E-state index contributed by atoms with van der Waals surface area (Å²) in [4.78, 5) is 14.1. The number of β-amino-alcohol motifs (C(OH)–C–C–N with tert-alkyl or cyclic N) is 1. The van der Waals surface area contributed by atoms with Crippen LogP contribution in [-0.4, -0.2) is 124 Å². The number of nitrogens with zero attached hydrogens (tertiary/aromatic N) is 5. The Kier molecular flexibility index (Phi) is 18.6. The molecule has 1 aliphatic rings. The minimum absolute atomic E-state index is 0. The number of hydrogen-bond acceptors (Lipinski definition) is 8. The number of hydrogen-bond donors (Lipinski definition) is 2. The molecule has 11 heteroatoms. The minimum Gasteiger partial charge on any atom is -0.395 e. The van der Waals surface area contributed by atoms with Crippen LogP contribution in [0, 0.1) is 0 Å². The molecule has 0 aliphatic carbocycles. The van der Waals surface area contributed by atoms with Gasteiger partial charge in [0.05, 0.1) is 24.9 Å². The molecule has 1 rings (SSSR count). The van der Waals surface area contributed by atoms with Crippen molar-refractivity contribution in [2.75, 3.05) is 85.4 Å². The highest BCUT2D eigenvalue weighted by atomic mass is 35.5. The fourth-order valence-electron chi connectivity index (χ4n) is 2.26. The third-order valence-electron chi connectivity index (χ3n) is 3.72. The maximum Gasteiger partial charge on any atom is 0.266 e. The van der Waals surface area contributed by atoms with Gasteiger partial charge in [0, 0.05) is 45.8 Å². The quantitative estimate of drug-likeness (QED) is 0.286. The van der Waals surface area contributed by atoms with Crippen LogP contribution in [0.15, 0.2) is 9.98 Å². The highest BCUT2D eigenvalue weighted by molar-refractivity contribution is 7.85. The lowest BCUT2D eigenvalue weighted by Crippen LogP contribution is -2.48. The molecule has 9 nitrogen and oxygen atoms in total. The second kappa shape index (κ2) is 17.5. The SMILES string of the molecule is CCN=C=NCCCN(C)C.Cl.O=S(=O)(O)CCN1CCN(CCO)CC1. The lowest BCUT2D eigenvalue weighted by Gasteiger charge is -2.33. The largest absolute Gasteiger partial charge is 0.395 e. The molecular formula is C16H36ClN5O4S. The molecule has 0 spiro atoms. The first-order valence-electron chi connectivity index (χ1n) is 9.02. The normalized spacial score (nSPS) is 15.3. The Morgan fingerprint density at radius 2 is 1.63 bits per heavy atom. The molecule has 0 aromatic heterocycles. The van der Waals surface area contributed by atoms with Gasteiger partial charge in [-0.15, -0.1) is 12.4 Å². The molecule has 0 aromatic carbocycles. The molecule has 1 saturated heterocycles. The van der Waals surface area contributed by atoms with Crippen LogP contribution < -0.4 is 0 Å². The van der Waals surface area contributed by atoms with E-state index in [1.54, 1.807) is 0 Å². The third kappa shape index (κ3) is 20.0. The van der Waals surface area contributed by atoms with Crippen LogP contribution in [0.25, 0.3) is 0 Å². The zero-order valence-corrected chi connectivity index (χ0v) is 18.4. The van der Waals surface area contributed by atoms with Crippen LogP contribution >= 0.6 is 12.4 Å². The lowest BCUT2D eigenvalue weighted by molar-refractivity contribution is 0.116. The standard InChI is InChI=1S/C8H17N3.C8H18N2O4S.ClH/c1-4-9-8-10-6-5-7-11(2)3;11-7-5-9-1-3-10(4-2-9)6-8-15(12,13)14;/h4-7H2,1-3H3;11H,1-8H2,(H,12,13,14);1H. The third-order valence-corrected chi connectivity index (χ3v) is 4.42. The van der Waals surface area contributed by atoms with Gasteiger partial charge in [0.25, 0.3) is 10.1 Å². The molecule has 0 bridgehead atoms. The van der Waals surface area contributed by atoms with Crippen molar-refractivity contribution in [1.29, 1.82) is 0 Å². The lowest BCUT2D eigenvalue weighted by atomic mass is 10.3. The summed E-state index contributed by atoms with van der Waals surface area (Å²) in [5.41, 5.74) is 0. The number of aliphatic imine (C=N–C) groups is 2. The zero-order valence-electron chi connectivity index (χ0n) is 16.7. The summed E-state index contributed by atoms with van der Waals surface area (Å²) in [6.45, 7) is 9.13. The average Bonchev–Trinajstić information content (AvgIpc) is 2.57. The topological polar surface area (TPSA) is 109 Å². The van der Waals surface area contributed by atoms with Gasteiger partial charge in [-0.1, -0.05) is 0 Å². The molecule has 0 saturated carbocycles. The van der Waals surface area contributed by atoms with E-state index in [9.17, 15) is 8.42 Å². The van der Waals surface area contributed by atoms with E-state index in [4.69, 9.17) is 9.66 Å². The number of rotatable bonds is 10. The fraction of sp³-hybridized carbons (Fsp3) is 0.938. The maximum atomic E-state index is 10.5. The van der Waals surface area contributed by atoms with Gasteiger partial charge in [0.15, 0.2) is 0 Å². The monoisotopic (exact) mass is 429 g/mol. The number of halogens is 1. The molecule has 0 unspecified atom stereocenters. The first-order chi connectivity index (χ1) is 12.3. The molecule has 162 valence electrons. The van der Waals surface area contributed by atoms with Gasteiger partial charge in [-0.2, -0.15) is 8.42 Å². The van der Waals surface area contributed by atoms with E-state index in [0.29, 0.717) is 13.1 Å². The summed E-state index contributed by atoms with van der Waals surface area (Å²) in [5.74, 6) is -0.201. The summed E-state index contributed by atoms with van der Waals surface area (Å²) >= 11 is 0. The first-order valence-corrected chi connectivity index (χ1v) is 10.6. The van der Waals surface area contributed by atoms with Crippen LogP contribution in [0.3, 0.4) is 0 Å². The van der Waals surface area contributed by atoms with E-state index in [1.165, 1.54) is 0 Å².